The first-order valence-electron chi connectivity index (χ1n) is 10.2. The van der Waals surface area contributed by atoms with E-state index in [1.807, 2.05) is 0 Å². The van der Waals surface area contributed by atoms with Gasteiger partial charge in [-0.3, -0.25) is 4.79 Å². The number of aliphatic carboxylic acids is 1. The smallest absolute Gasteiger partial charge is 0.303 e. The number of carboxylic acid groups (broad SMARTS) is 1. The van der Waals surface area contributed by atoms with E-state index in [1.54, 1.807) is 0 Å². The molecule has 0 saturated heterocycles. The first kappa shape index (κ1) is 24.9. The van der Waals surface area contributed by atoms with Gasteiger partial charge < -0.3 is 10.4 Å². The number of rotatable bonds is 16. The van der Waals surface area contributed by atoms with Crippen molar-refractivity contribution < 1.29 is 9.90 Å². The number of carbonyl (C=O) groups is 1. The summed E-state index contributed by atoms with van der Waals surface area (Å²) in [5.41, 5.74) is 1.39. The molecular weight excluding hydrogens is 346 g/mol. The van der Waals surface area contributed by atoms with E-state index < -0.39 is 5.97 Å². The predicted octanol–water partition coefficient (Wildman–Crippen LogP) is 6.52. The van der Waals surface area contributed by atoms with Crippen molar-refractivity contribution in [1.29, 1.82) is 0 Å². The second-order valence-corrected chi connectivity index (χ2v) is 7.03. The molecule has 0 fully saturated rings. The lowest BCUT2D eigenvalue weighted by Gasteiger charge is -2.19. The minimum absolute atomic E-state index is 0. The molecule has 0 amide bonds. The minimum atomic E-state index is -0.679. The molecule has 4 heteroatoms. The fourth-order valence-electron chi connectivity index (χ4n) is 3.23. The molecule has 0 saturated carbocycles. The molecular formula is C22H38ClNO2. The van der Waals surface area contributed by atoms with Crippen molar-refractivity contribution in [2.24, 2.45) is 0 Å². The van der Waals surface area contributed by atoms with Gasteiger partial charge in [-0.1, -0.05) is 88.6 Å². The van der Waals surface area contributed by atoms with Gasteiger partial charge >= 0.3 is 5.97 Å². The SMILES string of the molecule is CCCCCCCCC(NCCCCCCC(=O)O)c1ccccc1.Cl. The van der Waals surface area contributed by atoms with E-state index in [4.69, 9.17) is 5.11 Å². The first-order valence-corrected chi connectivity index (χ1v) is 10.2. The Labute approximate surface area is 166 Å². The lowest BCUT2D eigenvalue weighted by Crippen LogP contribution is -2.22. The molecule has 0 aliphatic heterocycles. The first-order chi connectivity index (χ1) is 12.2. The number of hydrogen-bond donors (Lipinski definition) is 2. The van der Waals surface area contributed by atoms with Crippen LogP contribution < -0.4 is 5.32 Å². The molecule has 1 aromatic carbocycles. The maximum Gasteiger partial charge on any atom is 0.303 e. The van der Waals surface area contributed by atoms with Crippen LogP contribution in [0.4, 0.5) is 0 Å². The van der Waals surface area contributed by atoms with Crippen molar-refractivity contribution in [3.8, 4) is 0 Å². The van der Waals surface area contributed by atoms with Gasteiger partial charge in [0.2, 0.25) is 0 Å². The van der Waals surface area contributed by atoms with Gasteiger partial charge in [0.05, 0.1) is 0 Å². The minimum Gasteiger partial charge on any atom is -0.481 e. The van der Waals surface area contributed by atoms with Crippen LogP contribution in [0.5, 0.6) is 0 Å². The normalized spacial score (nSPS) is 11.7. The zero-order valence-corrected chi connectivity index (χ0v) is 17.2. The maximum absolute atomic E-state index is 10.5. The van der Waals surface area contributed by atoms with Crippen molar-refractivity contribution in [3.05, 3.63) is 35.9 Å². The molecule has 26 heavy (non-hydrogen) atoms. The van der Waals surface area contributed by atoms with E-state index in [0.717, 1.165) is 32.2 Å². The lowest BCUT2D eigenvalue weighted by atomic mass is 9.99. The molecule has 1 atom stereocenters. The van der Waals surface area contributed by atoms with E-state index >= 15 is 0 Å². The number of carboxylic acids is 1. The van der Waals surface area contributed by atoms with Gasteiger partial charge in [-0.05, 0) is 31.4 Å². The number of nitrogens with one attached hydrogen (secondary N) is 1. The fourth-order valence-corrected chi connectivity index (χ4v) is 3.23. The van der Waals surface area contributed by atoms with Crippen molar-refractivity contribution >= 4 is 18.4 Å². The molecule has 0 bridgehead atoms. The zero-order chi connectivity index (χ0) is 18.2. The summed E-state index contributed by atoms with van der Waals surface area (Å²) < 4.78 is 0. The van der Waals surface area contributed by atoms with Gasteiger partial charge in [-0.15, -0.1) is 12.4 Å². The van der Waals surface area contributed by atoms with E-state index in [2.05, 4.69) is 42.6 Å². The predicted molar refractivity (Wildman–Crippen MR) is 113 cm³/mol. The monoisotopic (exact) mass is 383 g/mol. The summed E-state index contributed by atoms with van der Waals surface area (Å²) in [6, 6.07) is 11.2. The molecule has 0 aromatic heterocycles. The summed E-state index contributed by atoms with van der Waals surface area (Å²) in [6.07, 6.45) is 13.6. The van der Waals surface area contributed by atoms with Crippen LogP contribution >= 0.6 is 12.4 Å². The highest BCUT2D eigenvalue weighted by Gasteiger charge is 2.10. The topological polar surface area (TPSA) is 49.3 Å². The molecule has 1 rings (SSSR count). The van der Waals surface area contributed by atoms with Gasteiger partial charge in [0.15, 0.2) is 0 Å². The fraction of sp³-hybridized carbons (Fsp3) is 0.682. The van der Waals surface area contributed by atoms with Gasteiger partial charge in [-0.2, -0.15) is 0 Å². The third-order valence-corrected chi connectivity index (χ3v) is 4.76. The zero-order valence-electron chi connectivity index (χ0n) is 16.4. The van der Waals surface area contributed by atoms with Crippen LogP contribution in [0, 0.1) is 0 Å². The van der Waals surface area contributed by atoms with Crippen LogP contribution in [0.25, 0.3) is 0 Å². The Morgan fingerprint density at radius 2 is 1.54 bits per heavy atom. The quantitative estimate of drug-likeness (QED) is 0.319. The maximum atomic E-state index is 10.5. The molecule has 3 nitrogen and oxygen atoms in total. The third kappa shape index (κ3) is 13.2. The molecule has 150 valence electrons. The molecule has 0 radical (unpaired) electrons. The Hall–Kier alpha value is -1.06. The molecule has 0 aliphatic rings. The van der Waals surface area contributed by atoms with Crippen LogP contribution in [0.3, 0.4) is 0 Å². The molecule has 1 aromatic rings. The third-order valence-electron chi connectivity index (χ3n) is 4.76. The van der Waals surface area contributed by atoms with Crippen molar-refractivity contribution in [2.75, 3.05) is 6.54 Å². The molecule has 0 aliphatic carbocycles. The van der Waals surface area contributed by atoms with E-state index in [1.165, 1.54) is 50.5 Å². The number of benzene rings is 1. The Morgan fingerprint density at radius 1 is 0.923 bits per heavy atom. The molecule has 0 spiro atoms. The second kappa shape index (κ2) is 17.4. The number of halogens is 1. The highest BCUT2D eigenvalue weighted by atomic mass is 35.5. The Morgan fingerprint density at radius 3 is 2.23 bits per heavy atom. The summed E-state index contributed by atoms with van der Waals surface area (Å²) in [6.45, 7) is 3.28. The number of unbranched alkanes of at least 4 members (excludes halogenated alkanes) is 8. The number of hydrogen-bond acceptors (Lipinski definition) is 2. The lowest BCUT2D eigenvalue weighted by molar-refractivity contribution is -0.137. The van der Waals surface area contributed by atoms with Crippen LogP contribution in [0.1, 0.15) is 95.6 Å². The van der Waals surface area contributed by atoms with Crippen LogP contribution in [-0.4, -0.2) is 17.6 Å². The van der Waals surface area contributed by atoms with Gasteiger partial charge in [0.25, 0.3) is 0 Å². The van der Waals surface area contributed by atoms with Gasteiger partial charge in [0, 0.05) is 12.5 Å². The standard InChI is InChI=1S/C22H37NO2.ClH/c1-2-3-4-5-6-12-17-21(20-15-10-9-11-16-20)23-19-14-8-7-13-18-22(24)25;/h9-11,15-16,21,23H,2-8,12-14,17-19H2,1H3,(H,24,25);1H. The van der Waals surface area contributed by atoms with Crippen LogP contribution in [0.2, 0.25) is 0 Å². The largest absolute Gasteiger partial charge is 0.481 e. The summed E-state index contributed by atoms with van der Waals surface area (Å²) in [5.74, 6) is -0.679. The summed E-state index contributed by atoms with van der Waals surface area (Å²) in [5, 5.41) is 12.4. The van der Waals surface area contributed by atoms with Gasteiger partial charge in [-0.25, -0.2) is 0 Å². The van der Waals surface area contributed by atoms with Crippen LogP contribution in [0.15, 0.2) is 30.3 Å². The highest BCUT2D eigenvalue weighted by Crippen LogP contribution is 2.20. The van der Waals surface area contributed by atoms with Crippen LogP contribution in [-0.2, 0) is 4.79 Å². The van der Waals surface area contributed by atoms with Crippen molar-refractivity contribution in [3.63, 3.8) is 0 Å². The average molecular weight is 384 g/mol. The average Bonchev–Trinajstić information content (AvgIpc) is 2.62. The summed E-state index contributed by atoms with van der Waals surface area (Å²) >= 11 is 0. The van der Waals surface area contributed by atoms with E-state index in [9.17, 15) is 4.79 Å². The molecule has 0 heterocycles. The summed E-state index contributed by atoms with van der Waals surface area (Å²) in [4.78, 5) is 10.5. The van der Waals surface area contributed by atoms with E-state index in [-0.39, 0.29) is 12.4 Å². The van der Waals surface area contributed by atoms with Gasteiger partial charge in [0.1, 0.15) is 0 Å². The Balaban J connectivity index is 0.00000625. The van der Waals surface area contributed by atoms with Crippen molar-refractivity contribution in [1.82, 2.24) is 5.32 Å². The summed E-state index contributed by atoms with van der Waals surface area (Å²) in [7, 11) is 0. The second-order valence-electron chi connectivity index (χ2n) is 7.03. The molecule has 1 unspecified atom stereocenters. The Bertz CT molecular complexity index is 439. The Kier molecular flexibility index (Phi) is 16.7. The van der Waals surface area contributed by atoms with Crippen molar-refractivity contribution in [2.45, 2.75) is 90.0 Å². The molecule has 2 N–H and O–H groups in total. The van der Waals surface area contributed by atoms with E-state index in [0.29, 0.717) is 12.5 Å². The highest BCUT2D eigenvalue weighted by molar-refractivity contribution is 5.85.